The Labute approximate surface area is 94.2 Å². The van der Waals surface area contributed by atoms with Crippen LogP contribution in [-0.4, -0.2) is 5.78 Å². The third-order valence-corrected chi connectivity index (χ3v) is 2.19. The normalized spacial score (nSPS) is 12.6. The molecular formula is C11H9F5O. The first-order valence-corrected chi connectivity index (χ1v) is 4.64. The van der Waals surface area contributed by atoms with Crippen LogP contribution in [0.25, 0.3) is 0 Å². The molecule has 0 saturated carbocycles. The Kier molecular flexibility index (Phi) is 3.27. The monoisotopic (exact) mass is 252 g/mol. The first-order chi connectivity index (χ1) is 7.55. The van der Waals surface area contributed by atoms with Gasteiger partial charge >= 0.3 is 6.18 Å². The van der Waals surface area contributed by atoms with E-state index in [2.05, 4.69) is 0 Å². The van der Waals surface area contributed by atoms with E-state index < -0.39 is 34.6 Å². The van der Waals surface area contributed by atoms with Crippen LogP contribution in [0.3, 0.4) is 0 Å². The van der Waals surface area contributed by atoms with Crippen molar-refractivity contribution in [1.82, 2.24) is 0 Å². The van der Waals surface area contributed by atoms with Gasteiger partial charge in [0.2, 0.25) is 0 Å². The summed E-state index contributed by atoms with van der Waals surface area (Å²) in [5.41, 5.74) is -3.20. The van der Waals surface area contributed by atoms with Crippen LogP contribution >= 0.6 is 0 Å². The predicted molar refractivity (Wildman–Crippen MR) is 51.0 cm³/mol. The van der Waals surface area contributed by atoms with Crippen molar-refractivity contribution in [3.8, 4) is 0 Å². The summed E-state index contributed by atoms with van der Waals surface area (Å²) >= 11 is 0. The Morgan fingerprint density at radius 3 is 1.88 bits per heavy atom. The van der Waals surface area contributed by atoms with Gasteiger partial charge in [-0.25, -0.2) is 8.78 Å². The summed E-state index contributed by atoms with van der Waals surface area (Å²) in [6.45, 7) is 1.29. The molecule has 0 amide bonds. The highest BCUT2D eigenvalue weighted by Crippen LogP contribution is 2.38. The number of ketones is 1. The topological polar surface area (TPSA) is 17.1 Å². The maximum atomic E-state index is 13.1. The molecule has 0 aliphatic heterocycles. The maximum Gasteiger partial charge on any atom is 0.417 e. The fourth-order valence-corrected chi connectivity index (χ4v) is 1.53. The minimum Gasteiger partial charge on any atom is -0.294 e. The van der Waals surface area contributed by atoms with Gasteiger partial charge in [0, 0.05) is 18.1 Å². The van der Waals surface area contributed by atoms with Gasteiger partial charge in [-0.05, 0) is 13.0 Å². The van der Waals surface area contributed by atoms with Crippen LogP contribution < -0.4 is 0 Å². The molecule has 94 valence electrons. The van der Waals surface area contributed by atoms with Crippen molar-refractivity contribution in [3.05, 3.63) is 34.9 Å². The zero-order valence-corrected chi connectivity index (χ0v) is 9.03. The van der Waals surface area contributed by atoms with Crippen molar-refractivity contribution in [1.29, 1.82) is 0 Å². The summed E-state index contributed by atoms with van der Waals surface area (Å²) in [7, 11) is 0. The molecular weight excluding hydrogens is 243 g/mol. The zero-order chi connectivity index (χ0) is 13.4. The third kappa shape index (κ3) is 2.81. The lowest BCUT2D eigenvalue weighted by Crippen LogP contribution is -2.19. The van der Waals surface area contributed by atoms with Crippen molar-refractivity contribution < 1.29 is 26.7 Å². The van der Waals surface area contributed by atoms with E-state index in [0.717, 1.165) is 19.1 Å². The number of alkyl halides is 5. The molecule has 1 aromatic rings. The van der Waals surface area contributed by atoms with Crippen LogP contribution in [0.2, 0.25) is 0 Å². The second kappa shape index (κ2) is 4.09. The SMILES string of the molecule is CC(=O)c1c(C(C)(F)F)cccc1C(F)(F)F. The molecule has 0 fully saturated rings. The molecule has 0 atom stereocenters. The smallest absolute Gasteiger partial charge is 0.294 e. The maximum absolute atomic E-state index is 13.1. The van der Waals surface area contributed by atoms with E-state index in [1.54, 1.807) is 0 Å². The number of halogens is 5. The van der Waals surface area contributed by atoms with E-state index in [-0.39, 0.29) is 0 Å². The Bertz CT molecular complexity index is 410. The second-order valence-electron chi connectivity index (χ2n) is 3.67. The van der Waals surface area contributed by atoms with Gasteiger partial charge < -0.3 is 0 Å². The van der Waals surface area contributed by atoms with E-state index >= 15 is 0 Å². The molecule has 1 rings (SSSR count). The minimum atomic E-state index is -4.83. The molecule has 0 N–H and O–H groups in total. The molecule has 0 bridgehead atoms. The quantitative estimate of drug-likeness (QED) is 0.574. The summed E-state index contributed by atoms with van der Waals surface area (Å²) in [6, 6.07) is 2.31. The van der Waals surface area contributed by atoms with Gasteiger partial charge in [0.25, 0.3) is 5.92 Å². The summed E-state index contributed by atoms with van der Waals surface area (Å²) in [5, 5.41) is 0. The van der Waals surface area contributed by atoms with Gasteiger partial charge in [-0.15, -0.1) is 0 Å². The number of carbonyl (C=O) groups is 1. The van der Waals surface area contributed by atoms with Crippen molar-refractivity contribution in [2.75, 3.05) is 0 Å². The standard InChI is InChI=1S/C11H9F5O/c1-6(17)9-7(10(2,12)13)4-3-5-8(9)11(14,15)16/h3-5H,1-2H3. The largest absolute Gasteiger partial charge is 0.417 e. The van der Waals surface area contributed by atoms with Gasteiger partial charge in [0.15, 0.2) is 5.78 Å². The molecule has 0 heterocycles. The molecule has 0 aliphatic rings. The number of hydrogen-bond donors (Lipinski definition) is 0. The lowest BCUT2D eigenvalue weighted by atomic mass is 9.94. The Hall–Kier alpha value is -1.46. The van der Waals surface area contributed by atoms with Crippen molar-refractivity contribution in [2.24, 2.45) is 0 Å². The van der Waals surface area contributed by atoms with Crippen molar-refractivity contribution >= 4 is 5.78 Å². The van der Waals surface area contributed by atoms with E-state index in [0.29, 0.717) is 13.0 Å². The molecule has 17 heavy (non-hydrogen) atoms. The lowest BCUT2D eigenvalue weighted by molar-refractivity contribution is -0.138. The van der Waals surface area contributed by atoms with Crippen LogP contribution in [0, 0.1) is 0 Å². The highest BCUT2D eigenvalue weighted by atomic mass is 19.4. The van der Waals surface area contributed by atoms with Gasteiger partial charge in [-0.3, -0.25) is 4.79 Å². The first-order valence-electron chi connectivity index (χ1n) is 4.64. The first kappa shape index (κ1) is 13.6. The molecule has 0 unspecified atom stereocenters. The molecule has 0 aliphatic carbocycles. The van der Waals surface area contributed by atoms with Gasteiger partial charge in [-0.1, -0.05) is 12.1 Å². The number of Topliss-reactive ketones (excluding diaryl/α,β-unsaturated/α-hetero) is 1. The van der Waals surface area contributed by atoms with Gasteiger partial charge in [0.1, 0.15) is 0 Å². The fourth-order valence-electron chi connectivity index (χ4n) is 1.53. The lowest BCUT2D eigenvalue weighted by Gasteiger charge is -2.18. The molecule has 0 spiro atoms. The van der Waals surface area contributed by atoms with Crippen molar-refractivity contribution in [3.63, 3.8) is 0 Å². The summed E-state index contributed by atoms with van der Waals surface area (Å²) in [4.78, 5) is 11.1. The van der Waals surface area contributed by atoms with E-state index in [9.17, 15) is 26.7 Å². The van der Waals surface area contributed by atoms with Crippen LogP contribution in [0.4, 0.5) is 22.0 Å². The molecule has 1 aromatic carbocycles. The van der Waals surface area contributed by atoms with E-state index in [1.165, 1.54) is 0 Å². The molecule has 6 heteroatoms. The van der Waals surface area contributed by atoms with Gasteiger partial charge in [0.05, 0.1) is 5.56 Å². The number of benzene rings is 1. The number of carbonyl (C=O) groups excluding carboxylic acids is 1. The summed E-state index contributed by atoms with van der Waals surface area (Å²) in [6.07, 6.45) is -4.83. The van der Waals surface area contributed by atoms with Gasteiger partial charge in [-0.2, -0.15) is 13.2 Å². The molecule has 0 aromatic heterocycles. The molecule has 0 saturated heterocycles. The van der Waals surface area contributed by atoms with Crippen LogP contribution in [0.5, 0.6) is 0 Å². The average Bonchev–Trinajstić information content (AvgIpc) is 2.13. The number of rotatable bonds is 2. The summed E-state index contributed by atoms with van der Waals surface area (Å²) in [5.74, 6) is -4.53. The zero-order valence-electron chi connectivity index (χ0n) is 9.03. The average molecular weight is 252 g/mol. The third-order valence-electron chi connectivity index (χ3n) is 2.19. The Morgan fingerprint density at radius 2 is 1.53 bits per heavy atom. The predicted octanol–water partition coefficient (Wildman–Crippen LogP) is 4.02. The number of hydrogen-bond acceptors (Lipinski definition) is 1. The Morgan fingerprint density at radius 1 is 1.06 bits per heavy atom. The minimum absolute atomic E-state index is 0.453. The molecule has 0 radical (unpaired) electrons. The van der Waals surface area contributed by atoms with E-state index in [4.69, 9.17) is 0 Å². The fraction of sp³-hybridized carbons (Fsp3) is 0.364. The Balaban J connectivity index is 3.61. The highest BCUT2D eigenvalue weighted by Gasteiger charge is 2.39. The van der Waals surface area contributed by atoms with Crippen LogP contribution in [0.15, 0.2) is 18.2 Å². The highest BCUT2D eigenvalue weighted by molar-refractivity contribution is 5.97. The van der Waals surface area contributed by atoms with Crippen LogP contribution in [-0.2, 0) is 12.1 Å². The molecule has 1 nitrogen and oxygen atoms in total. The van der Waals surface area contributed by atoms with E-state index in [1.807, 2.05) is 0 Å². The van der Waals surface area contributed by atoms with Crippen LogP contribution in [0.1, 0.15) is 35.3 Å². The van der Waals surface area contributed by atoms with Crippen molar-refractivity contribution in [2.45, 2.75) is 25.9 Å². The second-order valence-corrected chi connectivity index (χ2v) is 3.67. The summed E-state index contributed by atoms with van der Waals surface area (Å²) < 4.78 is 64.0.